The zero-order valence-electron chi connectivity index (χ0n) is 18.0. The number of amidine groups is 1. The molecule has 32 heavy (non-hydrogen) atoms. The van der Waals surface area contributed by atoms with Crippen molar-refractivity contribution in [2.75, 3.05) is 57.3 Å². The number of amides is 2. The summed E-state index contributed by atoms with van der Waals surface area (Å²) in [6, 6.07) is 3.83. The molecular formula is C23H28ClN5O3. The molecule has 4 aliphatic rings. The van der Waals surface area contributed by atoms with E-state index in [9.17, 15) is 14.7 Å². The Morgan fingerprint density at radius 2 is 1.91 bits per heavy atom. The predicted molar refractivity (Wildman–Crippen MR) is 123 cm³/mol. The number of piperazine rings is 1. The summed E-state index contributed by atoms with van der Waals surface area (Å²) in [4.78, 5) is 37.0. The highest BCUT2D eigenvalue weighted by molar-refractivity contribution is 6.31. The van der Waals surface area contributed by atoms with Crippen molar-refractivity contribution in [1.29, 1.82) is 0 Å². The van der Waals surface area contributed by atoms with Gasteiger partial charge in [0.15, 0.2) is 0 Å². The summed E-state index contributed by atoms with van der Waals surface area (Å²) in [5, 5.41) is 11.1. The molecule has 1 saturated carbocycles. The average Bonchev–Trinajstić information content (AvgIpc) is 3.59. The molecule has 1 aliphatic carbocycles. The van der Waals surface area contributed by atoms with Crippen molar-refractivity contribution in [3.63, 3.8) is 0 Å². The van der Waals surface area contributed by atoms with E-state index in [0.717, 1.165) is 63.5 Å². The van der Waals surface area contributed by atoms with Gasteiger partial charge in [0.1, 0.15) is 18.1 Å². The molecule has 5 rings (SSSR count). The molecule has 3 aliphatic heterocycles. The fourth-order valence-corrected chi connectivity index (χ4v) is 5.09. The van der Waals surface area contributed by atoms with Crippen molar-refractivity contribution in [3.8, 4) is 5.75 Å². The van der Waals surface area contributed by atoms with Crippen LogP contribution >= 0.6 is 11.6 Å². The molecule has 8 nitrogen and oxygen atoms in total. The molecule has 0 unspecified atom stereocenters. The molecule has 9 heteroatoms. The van der Waals surface area contributed by atoms with Crippen molar-refractivity contribution in [2.24, 2.45) is 4.99 Å². The summed E-state index contributed by atoms with van der Waals surface area (Å²) in [5.74, 6) is 1.21. The Bertz CT molecular complexity index is 978. The topological polar surface area (TPSA) is 79.7 Å². The summed E-state index contributed by atoms with van der Waals surface area (Å²) in [7, 11) is 0. The minimum Gasteiger partial charge on any atom is -0.506 e. The second kappa shape index (κ2) is 8.41. The first-order valence-corrected chi connectivity index (χ1v) is 11.6. The number of rotatable bonds is 4. The van der Waals surface area contributed by atoms with Crippen molar-refractivity contribution in [1.82, 2.24) is 14.7 Å². The predicted octanol–water partition coefficient (Wildman–Crippen LogP) is 1.68. The van der Waals surface area contributed by atoms with Gasteiger partial charge in [-0.3, -0.25) is 24.4 Å². The number of hydrogen-bond acceptors (Lipinski definition) is 6. The Hall–Kier alpha value is -2.58. The molecule has 2 saturated heterocycles. The SMILES string of the molecule is C=CC(=O)N1CC(N2CCN(C3=NCC(=O)N(c4cc(C5CC5)c(Cl)cc4O)C3)CC2)C1. The number of carbonyl (C=O) groups excluding carboxylic acids is 2. The van der Waals surface area contributed by atoms with Crippen LogP contribution in [0.5, 0.6) is 5.75 Å². The van der Waals surface area contributed by atoms with Gasteiger partial charge in [0.2, 0.25) is 11.8 Å². The number of aromatic hydroxyl groups is 1. The van der Waals surface area contributed by atoms with Crippen LogP contribution in [0.15, 0.2) is 29.8 Å². The minimum absolute atomic E-state index is 0.00324. The highest BCUT2D eigenvalue weighted by Gasteiger charge is 2.36. The number of likely N-dealkylation sites (tertiary alicyclic amines) is 1. The molecule has 3 heterocycles. The highest BCUT2D eigenvalue weighted by Crippen LogP contribution is 2.46. The van der Waals surface area contributed by atoms with E-state index in [4.69, 9.17) is 11.6 Å². The van der Waals surface area contributed by atoms with Crippen LogP contribution in [0.1, 0.15) is 24.3 Å². The zero-order chi connectivity index (χ0) is 22.4. The maximum Gasteiger partial charge on any atom is 0.249 e. The molecule has 0 atom stereocenters. The van der Waals surface area contributed by atoms with Gasteiger partial charge in [0.05, 0.1) is 12.2 Å². The maximum atomic E-state index is 12.7. The highest BCUT2D eigenvalue weighted by atomic mass is 35.5. The molecule has 0 spiro atoms. The number of carbonyl (C=O) groups is 2. The first-order valence-electron chi connectivity index (χ1n) is 11.2. The summed E-state index contributed by atoms with van der Waals surface area (Å²) >= 11 is 6.33. The Morgan fingerprint density at radius 1 is 1.19 bits per heavy atom. The molecule has 3 fully saturated rings. The number of nitrogens with zero attached hydrogens (tertiary/aromatic N) is 5. The quantitative estimate of drug-likeness (QED) is 0.696. The van der Waals surface area contributed by atoms with E-state index in [0.29, 0.717) is 29.2 Å². The Kier molecular flexibility index (Phi) is 5.59. The molecule has 0 radical (unpaired) electrons. The van der Waals surface area contributed by atoms with Crippen LogP contribution in [0.2, 0.25) is 5.02 Å². The minimum atomic E-state index is -0.117. The molecule has 1 aromatic rings. The molecule has 1 N–H and O–H groups in total. The van der Waals surface area contributed by atoms with Gasteiger partial charge in [-0.2, -0.15) is 0 Å². The van der Waals surface area contributed by atoms with Crippen LogP contribution in [-0.4, -0.2) is 95.9 Å². The number of aliphatic imine (C=N–C) groups is 1. The summed E-state index contributed by atoms with van der Waals surface area (Å²) in [6.07, 6.45) is 3.55. The lowest BCUT2D eigenvalue weighted by molar-refractivity contribution is -0.133. The lowest BCUT2D eigenvalue weighted by atomic mass is 10.1. The largest absolute Gasteiger partial charge is 0.506 e. The fourth-order valence-electron chi connectivity index (χ4n) is 4.77. The monoisotopic (exact) mass is 457 g/mol. The van der Waals surface area contributed by atoms with Gasteiger partial charge in [-0.05, 0) is 36.5 Å². The van der Waals surface area contributed by atoms with Crippen molar-refractivity contribution in [2.45, 2.75) is 24.8 Å². The third-order valence-corrected chi connectivity index (χ3v) is 7.27. The van der Waals surface area contributed by atoms with E-state index in [2.05, 4.69) is 21.4 Å². The number of phenols is 1. The van der Waals surface area contributed by atoms with Gasteiger partial charge in [0.25, 0.3) is 0 Å². The van der Waals surface area contributed by atoms with E-state index in [-0.39, 0.29) is 24.1 Å². The first kappa shape index (κ1) is 21.3. The van der Waals surface area contributed by atoms with E-state index < -0.39 is 0 Å². The van der Waals surface area contributed by atoms with Crippen LogP contribution in [-0.2, 0) is 9.59 Å². The average molecular weight is 458 g/mol. The summed E-state index contributed by atoms with van der Waals surface area (Å²) in [6.45, 7) is 8.93. The van der Waals surface area contributed by atoms with E-state index in [1.165, 1.54) is 6.08 Å². The van der Waals surface area contributed by atoms with Gasteiger partial charge in [-0.25, -0.2) is 0 Å². The van der Waals surface area contributed by atoms with E-state index >= 15 is 0 Å². The van der Waals surface area contributed by atoms with Crippen LogP contribution < -0.4 is 4.90 Å². The van der Waals surface area contributed by atoms with Gasteiger partial charge in [-0.1, -0.05) is 18.2 Å². The lowest BCUT2D eigenvalue weighted by Crippen LogP contribution is -2.64. The molecule has 0 bridgehead atoms. The number of hydrogen-bond donors (Lipinski definition) is 1. The second-order valence-electron chi connectivity index (χ2n) is 8.97. The molecule has 1 aromatic carbocycles. The zero-order valence-corrected chi connectivity index (χ0v) is 18.8. The Labute approximate surface area is 192 Å². The third kappa shape index (κ3) is 3.97. The van der Waals surface area contributed by atoms with Crippen LogP contribution in [0.3, 0.4) is 0 Å². The van der Waals surface area contributed by atoms with Crippen LogP contribution in [0.25, 0.3) is 0 Å². The smallest absolute Gasteiger partial charge is 0.249 e. The van der Waals surface area contributed by atoms with Crippen molar-refractivity contribution in [3.05, 3.63) is 35.4 Å². The van der Waals surface area contributed by atoms with Crippen molar-refractivity contribution >= 4 is 34.9 Å². The van der Waals surface area contributed by atoms with E-state index in [1.54, 1.807) is 11.0 Å². The lowest BCUT2D eigenvalue weighted by Gasteiger charge is -2.48. The third-order valence-electron chi connectivity index (χ3n) is 6.94. The number of anilines is 1. The first-order chi connectivity index (χ1) is 15.4. The van der Waals surface area contributed by atoms with Gasteiger partial charge in [-0.15, -0.1) is 0 Å². The molecule has 0 aromatic heterocycles. The fraction of sp³-hybridized carbons (Fsp3) is 0.522. The van der Waals surface area contributed by atoms with E-state index in [1.807, 2.05) is 11.0 Å². The number of halogens is 1. The maximum absolute atomic E-state index is 12.7. The molecular weight excluding hydrogens is 430 g/mol. The Balaban J connectivity index is 1.22. The summed E-state index contributed by atoms with van der Waals surface area (Å²) < 4.78 is 0. The van der Waals surface area contributed by atoms with Gasteiger partial charge >= 0.3 is 0 Å². The van der Waals surface area contributed by atoms with Gasteiger partial charge < -0.3 is 14.9 Å². The van der Waals surface area contributed by atoms with Crippen LogP contribution in [0, 0.1) is 0 Å². The summed E-state index contributed by atoms with van der Waals surface area (Å²) in [5.41, 5.74) is 1.53. The Morgan fingerprint density at radius 3 is 2.56 bits per heavy atom. The van der Waals surface area contributed by atoms with Crippen LogP contribution in [0.4, 0.5) is 5.69 Å². The molecule has 2 amide bonds. The molecule has 170 valence electrons. The normalized spacial score (nSPS) is 22.6. The number of phenolic OH excluding ortho intramolecular Hbond substituents is 1. The van der Waals surface area contributed by atoms with Gasteiger partial charge in [0, 0.05) is 56.4 Å². The number of benzene rings is 1. The van der Waals surface area contributed by atoms with Crippen molar-refractivity contribution < 1.29 is 14.7 Å². The second-order valence-corrected chi connectivity index (χ2v) is 9.38. The standard InChI is InChI=1S/C23H28ClN5O3/c1-2-22(31)28-12-16(13-28)26-5-7-27(8-6-26)21-14-29(23(32)11-25-21)19-9-17(15-3-4-15)18(24)10-20(19)30/h2,9-10,15-16,30H,1,3-8,11-14H2.